The topological polar surface area (TPSA) is 108 Å². The Bertz CT molecular complexity index is 802. The lowest BCUT2D eigenvalue weighted by atomic mass is 10.2. The molecule has 1 unspecified atom stereocenters. The number of nitrogens with two attached hydrogens (primary N) is 1. The number of anilines is 1. The molecular formula is C18H20N2O5S. The van der Waals surface area contributed by atoms with Crippen LogP contribution in [0.15, 0.2) is 35.7 Å². The highest BCUT2D eigenvalue weighted by atomic mass is 32.1. The van der Waals surface area contributed by atoms with Crippen LogP contribution in [-0.4, -0.2) is 30.5 Å². The van der Waals surface area contributed by atoms with Crippen molar-refractivity contribution in [3.8, 4) is 5.75 Å². The molecule has 0 saturated heterocycles. The van der Waals surface area contributed by atoms with Crippen molar-refractivity contribution in [2.45, 2.75) is 26.4 Å². The van der Waals surface area contributed by atoms with Crippen molar-refractivity contribution in [1.29, 1.82) is 0 Å². The molecule has 0 fully saturated rings. The van der Waals surface area contributed by atoms with Crippen LogP contribution in [0.5, 0.6) is 5.75 Å². The van der Waals surface area contributed by atoms with Crippen LogP contribution in [0.25, 0.3) is 0 Å². The van der Waals surface area contributed by atoms with Crippen molar-refractivity contribution in [2.75, 3.05) is 11.9 Å². The third kappa shape index (κ3) is 5.32. The minimum absolute atomic E-state index is 0.0114. The fraction of sp³-hybridized carbons (Fsp3) is 0.278. The average Bonchev–Trinajstić information content (AvgIpc) is 3.05. The number of carbonyl (C=O) groups is 3. The Morgan fingerprint density at radius 1 is 1.23 bits per heavy atom. The predicted octanol–water partition coefficient (Wildman–Crippen LogP) is 2.49. The summed E-state index contributed by atoms with van der Waals surface area (Å²) in [4.78, 5) is 35.2. The van der Waals surface area contributed by atoms with Gasteiger partial charge in [-0.25, -0.2) is 0 Å². The summed E-state index contributed by atoms with van der Waals surface area (Å²) in [5.74, 6) is -1.03. The lowest BCUT2D eigenvalue weighted by Gasteiger charge is -2.14. The molecule has 1 aromatic heterocycles. The minimum atomic E-state index is -1.01. The normalized spacial score (nSPS) is 11.5. The van der Waals surface area contributed by atoms with E-state index in [-0.39, 0.29) is 18.6 Å². The third-order valence-electron chi connectivity index (χ3n) is 3.50. The van der Waals surface area contributed by atoms with Gasteiger partial charge in [-0.3, -0.25) is 14.4 Å². The molecule has 0 aliphatic rings. The van der Waals surface area contributed by atoms with Gasteiger partial charge in [0.25, 0.3) is 11.8 Å². The number of benzene rings is 1. The number of aryl methyl sites for hydroxylation is 1. The van der Waals surface area contributed by atoms with E-state index in [4.69, 9.17) is 15.2 Å². The Morgan fingerprint density at radius 2 is 1.96 bits per heavy atom. The first-order valence-electron chi connectivity index (χ1n) is 7.94. The van der Waals surface area contributed by atoms with E-state index >= 15 is 0 Å². The summed E-state index contributed by atoms with van der Waals surface area (Å²) in [6.07, 6.45) is -0.999. The zero-order chi connectivity index (χ0) is 19.1. The highest BCUT2D eigenvalue weighted by molar-refractivity contribution is 7.14. The van der Waals surface area contributed by atoms with Crippen molar-refractivity contribution in [3.05, 3.63) is 46.8 Å². The number of para-hydroxylation sites is 1. The maximum absolute atomic E-state index is 12.1. The van der Waals surface area contributed by atoms with E-state index in [0.29, 0.717) is 10.8 Å². The summed E-state index contributed by atoms with van der Waals surface area (Å²) in [5, 5.41) is 4.50. The Morgan fingerprint density at radius 3 is 2.65 bits per heavy atom. The second kappa shape index (κ2) is 9.00. The van der Waals surface area contributed by atoms with Gasteiger partial charge in [-0.05, 0) is 36.9 Å². The lowest BCUT2D eigenvalue weighted by molar-refractivity contribution is -0.153. The number of amides is 2. The van der Waals surface area contributed by atoms with Crippen LogP contribution in [0.4, 0.5) is 5.00 Å². The first-order chi connectivity index (χ1) is 12.4. The molecule has 0 spiro atoms. The number of carbonyl (C=O) groups excluding carboxylic acids is 3. The number of nitrogens with one attached hydrogen (secondary N) is 1. The number of esters is 1. The lowest BCUT2D eigenvalue weighted by Crippen LogP contribution is -2.30. The number of thiophene rings is 1. The van der Waals surface area contributed by atoms with Gasteiger partial charge in [-0.1, -0.05) is 18.2 Å². The van der Waals surface area contributed by atoms with Gasteiger partial charge in [0.2, 0.25) is 0 Å². The van der Waals surface area contributed by atoms with E-state index in [1.807, 2.05) is 31.2 Å². The summed E-state index contributed by atoms with van der Waals surface area (Å²) < 4.78 is 10.6. The molecule has 0 radical (unpaired) electrons. The van der Waals surface area contributed by atoms with Gasteiger partial charge in [-0.15, -0.1) is 11.3 Å². The summed E-state index contributed by atoms with van der Waals surface area (Å²) in [5.41, 5.74) is 6.41. The molecule has 138 valence electrons. The summed E-state index contributed by atoms with van der Waals surface area (Å²) in [6.45, 7) is 3.51. The van der Waals surface area contributed by atoms with Crippen molar-refractivity contribution < 1.29 is 23.9 Å². The number of primary amides is 1. The quantitative estimate of drug-likeness (QED) is 0.688. The zero-order valence-corrected chi connectivity index (χ0v) is 15.3. The SMILES string of the molecule is Cc1ccccc1OCCC(=O)OC(C)C(=O)Nc1sccc1C(N)=O. The Kier molecular flexibility index (Phi) is 6.74. The molecule has 2 rings (SSSR count). The standard InChI is InChI=1S/C18H20N2O5S/c1-11-5-3-4-6-14(11)24-9-7-15(21)25-12(2)17(23)20-18-13(16(19)22)8-10-26-18/h3-6,8,10,12H,7,9H2,1-2H3,(H2,19,22)(H,20,23). The molecule has 0 bridgehead atoms. The first kappa shape index (κ1) is 19.5. The summed E-state index contributed by atoms with van der Waals surface area (Å²) in [6, 6.07) is 8.98. The molecule has 1 aromatic carbocycles. The highest BCUT2D eigenvalue weighted by Crippen LogP contribution is 2.23. The Hall–Kier alpha value is -2.87. The van der Waals surface area contributed by atoms with Gasteiger partial charge in [0, 0.05) is 0 Å². The van der Waals surface area contributed by atoms with Gasteiger partial charge in [0.15, 0.2) is 6.10 Å². The highest BCUT2D eigenvalue weighted by Gasteiger charge is 2.20. The van der Waals surface area contributed by atoms with Crippen molar-refractivity contribution >= 4 is 34.1 Å². The maximum atomic E-state index is 12.1. The van der Waals surface area contributed by atoms with Crippen LogP contribution in [0.1, 0.15) is 29.3 Å². The van der Waals surface area contributed by atoms with E-state index in [1.165, 1.54) is 13.0 Å². The molecule has 2 amide bonds. The number of hydrogen-bond donors (Lipinski definition) is 2. The molecule has 0 saturated carbocycles. The average molecular weight is 376 g/mol. The molecule has 1 heterocycles. The van der Waals surface area contributed by atoms with E-state index in [0.717, 1.165) is 16.9 Å². The monoisotopic (exact) mass is 376 g/mol. The van der Waals surface area contributed by atoms with Crippen molar-refractivity contribution in [3.63, 3.8) is 0 Å². The first-order valence-corrected chi connectivity index (χ1v) is 8.82. The van der Waals surface area contributed by atoms with Gasteiger partial charge < -0.3 is 20.5 Å². The van der Waals surface area contributed by atoms with Gasteiger partial charge in [0.1, 0.15) is 10.8 Å². The van der Waals surface area contributed by atoms with Gasteiger partial charge in [-0.2, -0.15) is 0 Å². The number of hydrogen-bond acceptors (Lipinski definition) is 6. The molecule has 26 heavy (non-hydrogen) atoms. The number of rotatable bonds is 8. The number of ether oxygens (including phenoxy) is 2. The second-order valence-corrected chi connectivity index (χ2v) is 6.43. The van der Waals surface area contributed by atoms with Crippen LogP contribution in [0.2, 0.25) is 0 Å². The van der Waals surface area contributed by atoms with Crippen molar-refractivity contribution in [2.24, 2.45) is 5.73 Å². The predicted molar refractivity (Wildman–Crippen MR) is 98.3 cm³/mol. The van der Waals surface area contributed by atoms with E-state index in [2.05, 4.69) is 5.32 Å². The summed E-state index contributed by atoms with van der Waals surface area (Å²) in [7, 11) is 0. The molecule has 1 atom stereocenters. The third-order valence-corrected chi connectivity index (χ3v) is 4.33. The van der Waals surface area contributed by atoms with Gasteiger partial charge >= 0.3 is 5.97 Å². The fourth-order valence-electron chi connectivity index (χ4n) is 2.09. The van der Waals surface area contributed by atoms with E-state index in [1.54, 1.807) is 5.38 Å². The maximum Gasteiger partial charge on any atom is 0.310 e. The van der Waals surface area contributed by atoms with Crippen molar-refractivity contribution in [1.82, 2.24) is 0 Å². The Balaban J connectivity index is 1.79. The molecule has 2 aromatic rings. The second-order valence-electron chi connectivity index (χ2n) is 5.51. The molecule has 3 N–H and O–H groups in total. The van der Waals surface area contributed by atoms with Crippen LogP contribution in [0.3, 0.4) is 0 Å². The van der Waals surface area contributed by atoms with E-state index in [9.17, 15) is 14.4 Å². The van der Waals surface area contributed by atoms with Gasteiger partial charge in [0.05, 0.1) is 18.6 Å². The van der Waals surface area contributed by atoms with E-state index < -0.39 is 23.9 Å². The minimum Gasteiger partial charge on any atom is -0.493 e. The zero-order valence-electron chi connectivity index (χ0n) is 14.5. The largest absolute Gasteiger partial charge is 0.493 e. The summed E-state index contributed by atoms with van der Waals surface area (Å²) >= 11 is 1.16. The van der Waals surface area contributed by atoms with Crippen LogP contribution in [-0.2, 0) is 14.3 Å². The molecular weight excluding hydrogens is 356 g/mol. The molecule has 7 nitrogen and oxygen atoms in total. The fourth-order valence-corrected chi connectivity index (χ4v) is 2.88. The van der Waals surface area contributed by atoms with Crippen LogP contribution in [0, 0.1) is 6.92 Å². The van der Waals surface area contributed by atoms with Crippen LogP contribution < -0.4 is 15.8 Å². The Labute approximate surface area is 155 Å². The molecule has 8 heteroatoms. The smallest absolute Gasteiger partial charge is 0.310 e. The molecule has 0 aliphatic heterocycles. The molecule has 0 aliphatic carbocycles. The van der Waals surface area contributed by atoms with Crippen LogP contribution >= 0.6 is 11.3 Å².